The van der Waals surface area contributed by atoms with E-state index in [4.69, 9.17) is 9.26 Å². The van der Waals surface area contributed by atoms with Crippen LogP contribution in [0.3, 0.4) is 0 Å². The number of para-hydroxylation sites is 1. The molecular formula is C18H29O3P. The first-order valence-corrected chi connectivity index (χ1v) is 10.1. The molecule has 1 aromatic carbocycles. The molecule has 1 fully saturated rings. The van der Waals surface area contributed by atoms with Crippen LogP contribution >= 0.6 is 8.03 Å². The predicted molar refractivity (Wildman–Crippen MR) is 92.6 cm³/mol. The van der Waals surface area contributed by atoms with Crippen LogP contribution in [0.25, 0.3) is 0 Å². The number of benzene rings is 1. The van der Waals surface area contributed by atoms with Crippen molar-refractivity contribution in [2.24, 2.45) is 17.8 Å². The summed E-state index contributed by atoms with van der Waals surface area (Å²) in [7, 11) is -0.360. The molecule has 3 unspecified atom stereocenters. The zero-order chi connectivity index (χ0) is 16.3. The van der Waals surface area contributed by atoms with Crippen molar-refractivity contribution in [3.8, 4) is 11.5 Å². The van der Waals surface area contributed by atoms with Gasteiger partial charge < -0.3 is 9.26 Å². The number of ether oxygens (including phenoxy) is 1. The molecule has 0 aliphatic heterocycles. The van der Waals surface area contributed by atoms with E-state index in [2.05, 4.69) is 26.8 Å². The van der Waals surface area contributed by atoms with Gasteiger partial charge in [0.1, 0.15) is 0 Å². The van der Waals surface area contributed by atoms with Crippen LogP contribution in [0.4, 0.5) is 0 Å². The third-order valence-electron chi connectivity index (χ3n) is 4.89. The Hall–Kier alpha value is -0.950. The maximum absolute atomic E-state index is 11.5. The number of methoxy groups -OCH3 is 1. The lowest BCUT2D eigenvalue weighted by Crippen LogP contribution is -2.26. The predicted octanol–water partition coefficient (Wildman–Crippen LogP) is 5.35. The Labute approximate surface area is 135 Å². The highest BCUT2D eigenvalue weighted by molar-refractivity contribution is 7.38. The Morgan fingerprint density at radius 1 is 1.27 bits per heavy atom. The molecule has 0 spiro atoms. The van der Waals surface area contributed by atoms with Crippen LogP contribution in [0.2, 0.25) is 0 Å². The van der Waals surface area contributed by atoms with Gasteiger partial charge in [-0.05, 0) is 42.6 Å². The third-order valence-corrected chi connectivity index (χ3v) is 5.40. The molecule has 4 heteroatoms. The zero-order valence-corrected chi connectivity index (χ0v) is 15.4. The van der Waals surface area contributed by atoms with Crippen molar-refractivity contribution in [2.75, 3.05) is 13.8 Å². The smallest absolute Gasteiger partial charge is 0.234 e. The normalized spacial score (nSPS) is 26.7. The van der Waals surface area contributed by atoms with Gasteiger partial charge in [0.2, 0.25) is 8.03 Å². The van der Waals surface area contributed by atoms with Gasteiger partial charge in [0.05, 0.1) is 7.11 Å². The zero-order valence-electron chi connectivity index (χ0n) is 14.4. The van der Waals surface area contributed by atoms with Crippen molar-refractivity contribution in [3.63, 3.8) is 0 Å². The molecular weight excluding hydrogens is 295 g/mol. The van der Waals surface area contributed by atoms with E-state index in [9.17, 15) is 4.57 Å². The first kappa shape index (κ1) is 17.4. The molecule has 124 valence electrons. The van der Waals surface area contributed by atoms with E-state index in [1.165, 1.54) is 24.8 Å². The van der Waals surface area contributed by atoms with E-state index in [1.54, 1.807) is 13.8 Å². The van der Waals surface area contributed by atoms with Crippen molar-refractivity contribution >= 4 is 8.03 Å². The molecule has 3 nitrogen and oxygen atoms in total. The van der Waals surface area contributed by atoms with E-state index >= 15 is 0 Å². The molecule has 1 aliphatic carbocycles. The molecule has 1 aliphatic rings. The molecule has 0 saturated heterocycles. The average molecular weight is 324 g/mol. The van der Waals surface area contributed by atoms with Crippen molar-refractivity contribution < 1.29 is 13.8 Å². The highest BCUT2D eigenvalue weighted by atomic mass is 31.1. The molecule has 0 N–H and O–H groups in total. The van der Waals surface area contributed by atoms with Crippen LogP contribution in [0.15, 0.2) is 18.2 Å². The van der Waals surface area contributed by atoms with Gasteiger partial charge in [-0.1, -0.05) is 39.3 Å². The second kappa shape index (κ2) is 7.55. The van der Waals surface area contributed by atoms with E-state index in [-0.39, 0.29) is 0 Å². The molecule has 1 aromatic rings. The monoisotopic (exact) mass is 324 g/mol. The Balaban J connectivity index is 2.42. The molecule has 0 aromatic heterocycles. The lowest BCUT2D eigenvalue weighted by Gasteiger charge is -2.38. The fourth-order valence-electron chi connectivity index (χ4n) is 3.84. The highest BCUT2D eigenvalue weighted by Crippen LogP contribution is 2.49. The fraction of sp³-hybridized carbons (Fsp3) is 0.667. The van der Waals surface area contributed by atoms with E-state index < -0.39 is 8.03 Å². The van der Waals surface area contributed by atoms with Gasteiger partial charge in [-0.2, -0.15) is 0 Å². The Bertz CT molecular complexity index is 527. The third kappa shape index (κ3) is 3.87. The number of rotatable bonds is 5. The summed E-state index contributed by atoms with van der Waals surface area (Å²) in [6.07, 6.45) is 3.76. The van der Waals surface area contributed by atoms with Gasteiger partial charge in [-0.3, -0.25) is 4.57 Å². The highest BCUT2D eigenvalue weighted by Gasteiger charge is 2.34. The van der Waals surface area contributed by atoms with Crippen LogP contribution < -0.4 is 9.26 Å². The summed E-state index contributed by atoms with van der Waals surface area (Å²) in [6, 6.07) is 6.00. The summed E-state index contributed by atoms with van der Waals surface area (Å²) in [5.41, 5.74) is 1.22. The van der Waals surface area contributed by atoms with Crippen LogP contribution in [0.5, 0.6) is 11.5 Å². The minimum Gasteiger partial charge on any atom is -0.493 e. The Kier molecular flexibility index (Phi) is 5.97. The lowest BCUT2D eigenvalue weighted by molar-refractivity contribution is 0.194. The van der Waals surface area contributed by atoms with Gasteiger partial charge in [0, 0.05) is 12.2 Å². The first-order chi connectivity index (χ1) is 10.4. The van der Waals surface area contributed by atoms with Gasteiger partial charge in [0.25, 0.3) is 0 Å². The van der Waals surface area contributed by atoms with Crippen LogP contribution in [0, 0.1) is 17.8 Å². The lowest BCUT2D eigenvalue weighted by atomic mass is 9.67. The Morgan fingerprint density at radius 2 is 2.00 bits per heavy atom. The number of hydrogen-bond acceptors (Lipinski definition) is 3. The van der Waals surface area contributed by atoms with Crippen LogP contribution in [0.1, 0.15) is 51.5 Å². The van der Waals surface area contributed by atoms with Gasteiger partial charge in [-0.25, -0.2) is 0 Å². The fourth-order valence-corrected chi connectivity index (χ4v) is 4.31. The van der Waals surface area contributed by atoms with E-state index in [0.717, 1.165) is 11.7 Å². The van der Waals surface area contributed by atoms with E-state index in [1.807, 2.05) is 12.1 Å². The average Bonchev–Trinajstić information content (AvgIpc) is 2.46. The largest absolute Gasteiger partial charge is 0.493 e. The molecule has 0 amide bonds. The van der Waals surface area contributed by atoms with Crippen LogP contribution in [-0.2, 0) is 4.57 Å². The van der Waals surface area contributed by atoms with Crippen molar-refractivity contribution in [2.45, 2.75) is 46.0 Å². The second-order valence-corrected chi connectivity index (χ2v) is 8.09. The van der Waals surface area contributed by atoms with Crippen LogP contribution in [-0.4, -0.2) is 13.8 Å². The quantitative estimate of drug-likeness (QED) is 0.684. The van der Waals surface area contributed by atoms with E-state index in [0.29, 0.717) is 23.5 Å². The summed E-state index contributed by atoms with van der Waals surface area (Å²) >= 11 is 0. The summed E-state index contributed by atoms with van der Waals surface area (Å²) in [5.74, 6) is 3.93. The van der Waals surface area contributed by atoms with Crippen molar-refractivity contribution in [1.29, 1.82) is 0 Å². The van der Waals surface area contributed by atoms with Gasteiger partial charge >= 0.3 is 0 Å². The summed E-state index contributed by atoms with van der Waals surface area (Å²) in [6.45, 7) is 8.56. The standard InChI is InChI=1S/C18H29O3P/c1-12(2)14-10-9-13(3)11-16(14)15-7-6-8-17(18(15)20-4)21-22(5)19/h6-8,12-14,16,22H,9-11H2,1-5H3/t13?,14?,16-/m0/s1. The number of hydrogen-bond donors (Lipinski definition) is 0. The SMILES string of the molecule is COc1c(O[PH](C)=O)cccc1[C@H]1CC(C)CCC1C(C)C. The molecule has 22 heavy (non-hydrogen) atoms. The topological polar surface area (TPSA) is 35.5 Å². The molecule has 2 rings (SSSR count). The molecule has 0 bridgehead atoms. The Morgan fingerprint density at radius 3 is 2.59 bits per heavy atom. The second-order valence-electron chi connectivity index (χ2n) is 6.90. The maximum Gasteiger partial charge on any atom is 0.234 e. The molecule has 1 saturated carbocycles. The molecule has 0 heterocycles. The van der Waals surface area contributed by atoms with Crippen molar-refractivity contribution in [1.82, 2.24) is 0 Å². The van der Waals surface area contributed by atoms with Crippen molar-refractivity contribution in [3.05, 3.63) is 23.8 Å². The maximum atomic E-state index is 11.5. The minimum absolute atomic E-state index is 0.487. The van der Waals surface area contributed by atoms with Gasteiger partial charge in [0.15, 0.2) is 11.5 Å². The minimum atomic E-state index is -2.04. The van der Waals surface area contributed by atoms with Gasteiger partial charge in [-0.15, -0.1) is 0 Å². The first-order valence-electron chi connectivity index (χ1n) is 8.29. The molecule has 0 radical (unpaired) electrons. The summed E-state index contributed by atoms with van der Waals surface area (Å²) in [4.78, 5) is 0. The summed E-state index contributed by atoms with van der Waals surface area (Å²) in [5, 5.41) is 0. The molecule has 4 atom stereocenters. The summed E-state index contributed by atoms with van der Waals surface area (Å²) < 4.78 is 22.7.